The van der Waals surface area contributed by atoms with Crippen LogP contribution >= 0.6 is 0 Å². The molecule has 1 aromatic heterocycles. The Hall–Kier alpha value is -2.93. The lowest BCUT2D eigenvalue weighted by atomic mass is 9.85. The Morgan fingerprint density at radius 1 is 1.14 bits per heavy atom. The third-order valence-corrected chi connectivity index (χ3v) is 4.87. The maximum Gasteiger partial charge on any atom is 0.229 e. The second-order valence-electron chi connectivity index (χ2n) is 6.98. The van der Waals surface area contributed by atoms with Gasteiger partial charge in [-0.25, -0.2) is 9.37 Å². The summed E-state index contributed by atoms with van der Waals surface area (Å²) in [5.74, 6) is 0.259. The first-order valence-corrected chi connectivity index (χ1v) is 9.77. The van der Waals surface area contributed by atoms with Crippen molar-refractivity contribution in [2.24, 2.45) is 0 Å². The fourth-order valence-electron chi connectivity index (χ4n) is 3.46. The van der Waals surface area contributed by atoms with E-state index in [4.69, 9.17) is 15.2 Å². The normalized spacial score (nSPS) is 18.8. The SMILES string of the molecule is C=CCOc1cccc(Nc2nc(N)c(F)c(C3CCC(OCC=C)CC3)n2)c1. The molecule has 0 unspecified atom stereocenters. The number of nitrogens with two attached hydrogens (primary N) is 1. The molecule has 2 aromatic rings. The van der Waals surface area contributed by atoms with Gasteiger partial charge in [-0.2, -0.15) is 4.98 Å². The van der Waals surface area contributed by atoms with Crippen molar-refractivity contribution in [3.8, 4) is 5.75 Å². The monoisotopic (exact) mass is 398 g/mol. The smallest absolute Gasteiger partial charge is 0.229 e. The predicted octanol–water partition coefficient (Wildman–Crippen LogP) is 4.74. The molecular weight excluding hydrogens is 371 g/mol. The number of anilines is 3. The molecule has 1 aliphatic carbocycles. The number of aromatic nitrogens is 2. The van der Waals surface area contributed by atoms with Crippen molar-refractivity contribution in [2.45, 2.75) is 37.7 Å². The Bertz CT molecular complexity index is 851. The number of halogens is 1. The standard InChI is InChI=1S/C22H27FN4O2/c1-3-12-28-17-10-8-15(9-11-17)20-19(23)21(24)27-22(26-20)25-16-6-5-7-18(14-16)29-13-4-2/h3-7,14-15,17H,1-2,8-13H2,(H3,24,25,26,27). The van der Waals surface area contributed by atoms with Gasteiger partial charge < -0.3 is 20.5 Å². The van der Waals surface area contributed by atoms with E-state index in [2.05, 4.69) is 28.4 Å². The summed E-state index contributed by atoms with van der Waals surface area (Å²) in [7, 11) is 0. The van der Waals surface area contributed by atoms with Gasteiger partial charge in [-0.15, -0.1) is 6.58 Å². The zero-order valence-corrected chi connectivity index (χ0v) is 16.4. The highest BCUT2D eigenvalue weighted by Crippen LogP contribution is 2.36. The number of nitrogens with one attached hydrogen (secondary N) is 1. The third kappa shape index (κ3) is 5.54. The first kappa shape index (κ1) is 20.8. The predicted molar refractivity (Wildman–Crippen MR) is 113 cm³/mol. The topological polar surface area (TPSA) is 82.3 Å². The Morgan fingerprint density at radius 2 is 1.90 bits per heavy atom. The van der Waals surface area contributed by atoms with E-state index in [0.717, 1.165) is 31.4 Å². The van der Waals surface area contributed by atoms with E-state index in [1.54, 1.807) is 12.2 Å². The summed E-state index contributed by atoms with van der Waals surface area (Å²) in [6.07, 6.45) is 6.89. The number of hydrogen-bond acceptors (Lipinski definition) is 6. The fourth-order valence-corrected chi connectivity index (χ4v) is 3.46. The van der Waals surface area contributed by atoms with Gasteiger partial charge in [-0.3, -0.25) is 0 Å². The summed E-state index contributed by atoms with van der Waals surface area (Å²) in [5, 5.41) is 3.09. The van der Waals surface area contributed by atoms with Crippen molar-refractivity contribution in [1.82, 2.24) is 9.97 Å². The first-order valence-electron chi connectivity index (χ1n) is 9.77. The van der Waals surface area contributed by atoms with E-state index < -0.39 is 5.82 Å². The van der Waals surface area contributed by atoms with Gasteiger partial charge in [0.1, 0.15) is 12.4 Å². The second-order valence-corrected chi connectivity index (χ2v) is 6.98. The molecule has 0 spiro atoms. The van der Waals surface area contributed by atoms with E-state index in [-0.39, 0.29) is 23.8 Å². The Kier molecular flexibility index (Phi) is 7.19. The van der Waals surface area contributed by atoms with Gasteiger partial charge in [0.05, 0.1) is 18.4 Å². The average molecular weight is 398 g/mol. The Labute approximate surface area is 170 Å². The molecule has 0 saturated heterocycles. The zero-order chi connectivity index (χ0) is 20.6. The summed E-state index contributed by atoms with van der Waals surface area (Å²) in [6.45, 7) is 8.25. The molecular formula is C22H27FN4O2. The van der Waals surface area contributed by atoms with Gasteiger partial charge >= 0.3 is 0 Å². The van der Waals surface area contributed by atoms with E-state index >= 15 is 0 Å². The quantitative estimate of drug-likeness (QED) is 0.594. The number of rotatable bonds is 9. The first-order chi connectivity index (χ1) is 14.1. The summed E-state index contributed by atoms with van der Waals surface area (Å²) < 4.78 is 25.9. The summed E-state index contributed by atoms with van der Waals surface area (Å²) in [5.41, 5.74) is 6.92. The van der Waals surface area contributed by atoms with Crippen molar-refractivity contribution in [1.29, 1.82) is 0 Å². The lowest BCUT2D eigenvalue weighted by molar-refractivity contribution is 0.0418. The van der Waals surface area contributed by atoms with E-state index in [9.17, 15) is 4.39 Å². The lowest BCUT2D eigenvalue weighted by Crippen LogP contribution is -2.22. The molecule has 6 nitrogen and oxygen atoms in total. The van der Waals surface area contributed by atoms with Gasteiger partial charge in [0, 0.05) is 17.7 Å². The number of nitrogens with zero attached hydrogens (tertiary/aromatic N) is 2. The van der Waals surface area contributed by atoms with Gasteiger partial charge in [-0.05, 0) is 37.8 Å². The number of hydrogen-bond donors (Lipinski definition) is 2. The average Bonchev–Trinajstić information content (AvgIpc) is 2.74. The van der Waals surface area contributed by atoms with Crippen LogP contribution in [0.1, 0.15) is 37.3 Å². The molecule has 3 rings (SSSR count). The molecule has 1 aliphatic rings. The molecule has 1 heterocycles. The second kappa shape index (κ2) is 10.0. The Morgan fingerprint density at radius 3 is 2.62 bits per heavy atom. The number of benzene rings is 1. The molecule has 0 bridgehead atoms. The van der Waals surface area contributed by atoms with Crippen LogP contribution in [0.4, 0.5) is 21.8 Å². The highest BCUT2D eigenvalue weighted by atomic mass is 19.1. The van der Waals surface area contributed by atoms with Crippen LogP contribution in [-0.4, -0.2) is 29.3 Å². The molecule has 29 heavy (non-hydrogen) atoms. The minimum absolute atomic E-state index is 0.00769. The molecule has 3 N–H and O–H groups in total. The molecule has 0 atom stereocenters. The van der Waals surface area contributed by atoms with Gasteiger partial charge in [0.15, 0.2) is 11.6 Å². The van der Waals surface area contributed by atoms with Crippen molar-refractivity contribution in [3.05, 3.63) is 61.1 Å². The highest BCUT2D eigenvalue weighted by molar-refractivity contribution is 5.57. The molecule has 0 amide bonds. The van der Waals surface area contributed by atoms with E-state index in [1.165, 1.54) is 0 Å². The van der Waals surface area contributed by atoms with Crippen LogP contribution in [0.5, 0.6) is 5.75 Å². The fraction of sp³-hybridized carbons (Fsp3) is 0.364. The highest BCUT2D eigenvalue weighted by Gasteiger charge is 2.27. The third-order valence-electron chi connectivity index (χ3n) is 4.87. The zero-order valence-electron chi connectivity index (χ0n) is 16.4. The number of ether oxygens (including phenoxy) is 2. The van der Waals surface area contributed by atoms with Crippen LogP contribution in [-0.2, 0) is 4.74 Å². The molecule has 1 fully saturated rings. The lowest BCUT2D eigenvalue weighted by Gasteiger charge is -2.28. The van der Waals surface area contributed by atoms with E-state index in [1.807, 2.05) is 24.3 Å². The van der Waals surface area contributed by atoms with Crippen LogP contribution in [0.2, 0.25) is 0 Å². The molecule has 0 aliphatic heterocycles. The summed E-state index contributed by atoms with van der Waals surface area (Å²) in [4.78, 5) is 8.50. The molecule has 1 saturated carbocycles. The van der Waals surface area contributed by atoms with Crippen LogP contribution in [0.15, 0.2) is 49.6 Å². The van der Waals surface area contributed by atoms with Crippen molar-refractivity contribution >= 4 is 17.5 Å². The summed E-state index contributed by atoms with van der Waals surface area (Å²) in [6, 6.07) is 7.35. The van der Waals surface area contributed by atoms with Crippen molar-refractivity contribution in [2.75, 3.05) is 24.3 Å². The molecule has 0 radical (unpaired) electrons. The summed E-state index contributed by atoms with van der Waals surface area (Å²) >= 11 is 0. The largest absolute Gasteiger partial charge is 0.489 e. The van der Waals surface area contributed by atoms with Crippen molar-refractivity contribution in [3.63, 3.8) is 0 Å². The maximum atomic E-state index is 14.7. The van der Waals surface area contributed by atoms with Crippen LogP contribution in [0.25, 0.3) is 0 Å². The van der Waals surface area contributed by atoms with Gasteiger partial charge in [0.2, 0.25) is 5.95 Å². The molecule has 1 aromatic carbocycles. The van der Waals surface area contributed by atoms with Crippen molar-refractivity contribution < 1.29 is 13.9 Å². The van der Waals surface area contributed by atoms with Crippen LogP contribution in [0, 0.1) is 5.82 Å². The van der Waals surface area contributed by atoms with Crippen LogP contribution in [0.3, 0.4) is 0 Å². The maximum absolute atomic E-state index is 14.7. The minimum atomic E-state index is -0.533. The minimum Gasteiger partial charge on any atom is -0.489 e. The van der Waals surface area contributed by atoms with Crippen LogP contribution < -0.4 is 15.8 Å². The molecule has 7 heteroatoms. The van der Waals surface area contributed by atoms with Gasteiger partial charge in [0.25, 0.3) is 0 Å². The Balaban J connectivity index is 1.73. The van der Waals surface area contributed by atoms with E-state index in [0.29, 0.717) is 24.7 Å². The number of nitrogen functional groups attached to an aromatic ring is 1. The molecule has 154 valence electrons. The van der Waals surface area contributed by atoms with Gasteiger partial charge in [-0.1, -0.05) is 24.8 Å².